The number of rotatable bonds is 2. The second-order valence-electron chi connectivity index (χ2n) is 5.31. The maximum Gasteiger partial charge on any atom is 0.419 e. The van der Waals surface area contributed by atoms with Crippen LogP contribution in [0, 0.1) is 5.82 Å². The average Bonchev–Trinajstić information content (AvgIpc) is 2.62. The fourth-order valence-corrected chi connectivity index (χ4v) is 2.41. The highest BCUT2D eigenvalue weighted by molar-refractivity contribution is 6.72. The number of nitrogens with zero attached hydrogens (tertiary/aromatic N) is 1. The molecule has 3 rings (SSSR count). The van der Waals surface area contributed by atoms with Crippen molar-refractivity contribution in [1.82, 2.24) is 0 Å². The van der Waals surface area contributed by atoms with Crippen molar-refractivity contribution >= 4 is 29.1 Å². The lowest BCUT2D eigenvalue weighted by atomic mass is 9.94. The van der Waals surface area contributed by atoms with E-state index in [2.05, 4.69) is 9.99 Å². The van der Waals surface area contributed by atoms with Crippen LogP contribution in [0.2, 0.25) is 0 Å². The average molecular weight is 380 g/mol. The summed E-state index contributed by atoms with van der Waals surface area (Å²) in [7, 11) is 0. The third-order valence-electron chi connectivity index (χ3n) is 3.57. The molecule has 0 aromatic heterocycles. The normalized spacial score (nSPS) is 15.3. The topological polar surface area (TPSA) is 84.8 Å². The van der Waals surface area contributed by atoms with Crippen LogP contribution in [0.15, 0.2) is 47.6 Å². The van der Waals surface area contributed by atoms with Gasteiger partial charge in [0.25, 0.3) is 11.7 Å². The second-order valence-corrected chi connectivity index (χ2v) is 5.31. The number of oxime groups is 1. The Kier molecular flexibility index (Phi) is 4.48. The Bertz CT molecular complexity index is 984. The van der Waals surface area contributed by atoms with Crippen LogP contribution in [-0.2, 0) is 20.6 Å². The molecule has 0 fully saturated rings. The summed E-state index contributed by atoms with van der Waals surface area (Å²) in [5.41, 5.74) is -4.41. The lowest BCUT2D eigenvalue weighted by Crippen LogP contribution is -2.38. The molecular weight excluding hydrogens is 372 g/mol. The van der Waals surface area contributed by atoms with E-state index < -0.39 is 52.2 Å². The van der Waals surface area contributed by atoms with E-state index in [0.717, 1.165) is 6.07 Å². The van der Waals surface area contributed by atoms with Crippen LogP contribution in [0.3, 0.4) is 0 Å². The maximum absolute atomic E-state index is 13.8. The summed E-state index contributed by atoms with van der Waals surface area (Å²) in [5.74, 6) is -5.54. The quantitative estimate of drug-likeness (QED) is 0.376. The number of hydrogen-bond acceptors (Lipinski definition) is 5. The van der Waals surface area contributed by atoms with Crippen molar-refractivity contribution in [3.63, 3.8) is 0 Å². The van der Waals surface area contributed by atoms with Crippen LogP contribution in [0.25, 0.3) is 0 Å². The monoisotopic (exact) mass is 380 g/mol. The Morgan fingerprint density at radius 3 is 2.33 bits per heavy atom. The Labute approximate surface area is 148 Å². The van der Waals surface area contributed by atoms with Crippen LogP contribution in [0.5, 0.6) is 0 Å². The van der Waals surface area contributed by atoms with Crippen LogP contribution in [-0.4, -0.2) is 23.4 Å². The Morgan fingerprint density at radius 2 is 1.70 bits per heavy atom. The number of hydrogen-bond donors (Lipinski definition) is 1. The molecule has 0 radical (unpaired) electrons. The van der Waals surface area contributed by atoms with Gasteiger partial charge in [-0.15, -0.1) is 0 Å². The fourth-order valence-electron chi connectivity index (χ4n) is 2.41. The molecule has 0 spiro atoms. The summed E-state index contributed by atoms with van der Waals surface area (Å²) in [6.07, 6.45) is -5.19. The van der Waals surface area contributed by atoms with E-state index in [1.54, 1.807) is 6.07 Å². The number of amides is 1. The highest BCUT2D eigenvalue weighted by Gasteiger charge is 2.44. The second kappa shape index (κ2) is 6.63. The number of anilines is 1. The van der Waals surface area contributed by atoms with Gasteiger partial charge in [0.05, 0.1) is 11.3 Å². The number of carbonyl (C=O) groups is 3. The first kappa shape index (κ1) is 18.2. The van der Waals surface area contributed by atoms with Gasteiger partial charge in [0, 0.05) is 5.56 Å². The van der Waals surface area contributed by atoms with Crippen molar-refractivity contribution in [2.45, 2.75) is 6.18 Å². The van der Waals surface area contributed by atoms with Crippen LogP contribution < -0.4 is 5.32 Å². The minimum Gasteiger partial charge on any atom is -0.318 e. The minimum absolute atomic E-state index is 0.00469. The number of benzene rings is 2. The third kappa shape index (κ3) is 3.41. The first-order valence-electron chi connectivity index (χ1n) is 7.30. The summed E-state index contributed by atoms with van der Waals surface area (Å²) in [4.78, 5) is 40.1. The molecule has 1 heterocycles. The van der Waals surface area contributed by atoms with Crippen LogP contribution in [0.1, 0.15) is 21.5 Å². The number of ketones is 1. The van der Waals surface area contributed by atoms with Gasteiger partial charge in [-0.2, -0.15) is 13.2 Å². The number of Topliss-reactive ketones (excluding diaryl/α,β-unsaturated/α-hetero) is 1. The molecule has 0 unspecified atom stereocenters. The van der Waals surface area contributed by atoms with Gasteiger partial charge in [0.15, 0.2) is 5.71 Å². The van der Waals surface area contributed by atoms with Gasteiger partial charge in [-0.3, -0.25) is 9.59 Å². The summed E-state index contributed by atoms with van der Waals surface area (Å²) in [6, 6.07) is 8.61. The van der Waals surface area contributed by atoms with Gasteiger partial charge in [-0.1, -0.05) is 23.4 Å². The van der Waals surface area contributed by atoms with Crippen molar-refractivity contribution in [2.75, 3.05) is 5.32 Å². The third-order valence-corrected chi connectivity index (χ3v) is 3.57. The lowest BCUT2D eigenvalue weighted by molar-refractivity contribution is -0.140. The first-order valence-corrected chi connectivity index (χ1v) is 7.30. The van der Waals surface area contributed by atoms with Gasteiger partial charge < -0.3 is 10.2 Å². The fraction of sp³-hybridized carbons (Fsp3) is 0.0588. The highest BCUT2D eigenvalue weighted by atomic mass is 19.4. The molecular formula is C17H8F4N2O4. The number of carbonyl (C=O) groups excluding carboxylic acids is 3. The standard InChI is InChI=1S/C17H8F4N2O4/c18-9-6-7-10-11(12(9)17(19,20)21)13(14(24)15(25)22-10)23-27-16(26)8-4-2-1-3-5-8/h1-7H,(H,22,25). The summed E-state index contributed by atoms with van der Waals surface area (Å²) >= 11 is 0. The lowest BCUT2D eigenvalue weighted by Gasteiger charge is -2.21. The van der Waals surface area contributed by atoms with Gasteiger partial charge in [-0.25, -0.2) is 9.18 Å². The number of fused-ring (bicyclic) bond motifs is 1. The van der Waals surface area contributed by atoms with E-state index in [1.165, 1.54) is 24.3 Å². The molecule has 0 atom stereocenters. The van der Waals surface area contributed by atoms with Gasteiger partial charge >= 0.3 is 12.1 Å². The van der Waals surface area contributed by atoms with Gasteiger partial charge in [-0.05, 0) is 24.3 Å². The predicted molar refractivity (Wildman–Crippen MR) is 83.4 cm³/mol. The van der Waals surface area contributed by atoms with Crippen molar-refractivity contribution in [3.05, 3.63) is 65.0 Å². The molecule has 138 valence electrons. The molecule has 1 aliphatic heterocycles. The zero-order chi connectivity index (χ0) is 19.8. The van der Waals surface area contributed by atoms with E-state index in [4.69, 9.17) is 0 Å². The zero-order valence-electron chi connectivity index (χ0n) is 13.1. The van der Waals surface area contributed by atoms with Crippen molar-refractivity contribution in [2.24, 2.45) is 5.16 Å². The van der Waals surface area contributed by atoms with Crippen molar-refractivity contribution in [1.29, 1.82) is 0 Å². The molecule has 0 saturated carbocycles. The van der Waals surface area contributed by atoms with Crippen molar-refractivity contribution in [3.8, 4) is 0 Å². The highest BCUT2D eigenvalue weighted by Crippen LogP contribution is 2.39. The van der Waals surface area contributed by atoms with Crippen LogP contribution in [0.4, 0.5) is 23.2 Å². The molecule has 0 aliphatic carbocycles. The van der Waals surface area contributed by atoms with E-state index in [9.17, 15) is 31.9 Å². The number of nitrogens with one attached hydrogen (secondary N) is 1. The molecule has 1 N–H and O–H groups in total. The summed E-state index contributed by atoms with van der Waals surface area (Å²) in [5, 5.41) is 5.06. The Morgan fingerprint density at radius 1 is 1.04 bits per heavy atom. The van der Waals surface area contributed by atoms with Gasteiger partial charge in [0.1, 0.15) is 11.4 Å². The van der Waals surface area contributed by atoms with E-state index in [0.29, 0.717) is 6.07 Å². The molecule has 27 heavy (non-hydrogen) atoms. The van der Waals surface area contributed by atoms with Gasteiger partial charge in [0.2, 0.25) is 0 Å². The Hall–Kier alpha value is -3.56. The number of alkyl halides is 3. The largest absolute Gasteiger partial charge is 0.419 e. The molecule has 0 bridgehead atoms. The summed E-state index contributed by atoms with van der Waals surface area (Å²) < 4.78 is 53.6. The Balaban J connectivity index is 2.11. The maximum atomic E-state index is 13.8. The SMILES string of the molecule is O=C1Nc2ccc(F)c(C(F)(F)F)c2C(=NOC(=O)c2ccccc2)C1=O. The molecule has 1 amide bonds. The summed E-state index contributed by atoms with van der Waals surface area (Å²) in [6.45, 7) is 0. The molecule has 1 aliphatic rings. The molecule has 2 aromatic rings. The number of halogens is 4. The molecule has 6 nitrogen and oxygen atoms in total. The van der Waals surface area contributed by atoms with Crippen LogP contribution >= 0.6 is 0 Å². The predicted octanol–water partition coefficient (Wildman–Crippen LogP) is 2.93. The van der Waals surface area contributed by atoms with E-state index >= 15 is 0 Å². The molecule has 0 saturated heterocycles. The zero-order valence-corrected chi connectivity index (χ0v) is 13.1. The minimum atomic E-state index is -5.19. The molecule has 10 heteroatoms. The van der Waals surface area contributed by atoms with Crippen molar-refractivity contribution < 1.29 is 36.8 Å². The van der Waals surface area contributed by atoms with E-state index in [1.807, 2.05) is 5.32 Å². The smallest absolute Gasteiger partial charge is 0.318 e. The first-order chi connectivity index (χ1) is 12.7. The molecule has 2 aromatic carbocycles. The van der Waals surface area contributed by atoms with E-state index in [-0.39, 0.29) is 5.56 Å².